The average molecular weight is 255 g/mol. The number of aliphatic hydroxyl groups is 1. The van der Waals surface area contributed by atoms with Gasteiger partial charge in [-0.25, -0.2) is 0 Å². The number of nitrogen functional groups attached to an aromatic ring is 1. The van der Waals surface area contributed by atoms with Gasteiger partial charge in [0.2, 0.25) is 5.91 Å². The van der Waals surface area contributed by atoms with Crippen LogP contribution in [-0.2, 0) is 11.3 Å². The Hall–Kier alpha value is -1.60. The normalized spacial score (nSPS) is 12.7. The molecule has 7 nitrogen and oxygen atoms in total. The van der Waals surface area contributed by atoms with Gasteiger partial charge in [-0.3, -0.25) is 9.48 Å². The number of carbonyl (C=O) groups excluding carboxylic acids is 1. The largest absolute Gasteiger partial charge is 0.396 e. The Labute approximate surface area is 107 Å². The lowest BCUT2D eigenvalue weighted by atomic mass is 10.3. The number of carbonyl (C=O) groups is 1. The maximum atomic E-state index is 11.1. The Morgan fingerprint density at radius 3 is 3.00 bits per heavy atom. The topological polar surface area (TPSA) is 96.4 Å². The van der Waals surface area contributed by atoms with E-state index in [4.69, 9.17) is 5.73 Å². The number of likely N-dealkylation sites (N-methyl/N-ethyl adjacent to an activating group) is 1. The van der Waals surface area contributed by atoms with Gasteiger partial charge in [0.15, 0.2) is 0 Å². The van der Waals surface area contributed by atoms with Crippen LogP contribution >= 0.6 is 0 Å². The molecule has 1 rings (SSSR count). The van der Waals surface area contributed by atoms with Crippen molar-refractivity contribution in [3.63, 3.8) is 0 Å². The predicted octanol–water partition coefficient (Wildman–Crippen LogP) is -1.11. The molecule has 0 aliphatic heterocycles. The smallest absolute Gasteiger partial charge is 0.221 e. The fourth-order valence-corrected chi connectivity index (χ4v) is 1.62. The highest BCUT2D eigenvalue weighted by Gasteiger charge is 2.10. The van der Waals surface area contributed by atoms with Crippen molar-refractivity contribution in [1.82, 2.24) is 20.0 Å². The van der Waals surface area contributed by atoms with Gasteiger partial charge < -0.3 is 21.1 Å². The van der Waals surface area contributed by atoms with E-state index in [1.54, 1.807) is 24.1 Å². The number of nitrogens with zero attached hydrogens (tertiary/aromatic N) is 3. The maximum Gasteiger partial charge on any atom is 0.221 e. The van der Waals surface area contributed by atoms with Crippen molar-refractivity contribution in [3.8, 4) is 0 Å². The summed E-state index contributed by atoms with van der Waals surface area (Å²) >= 11 is 0. The molecule has 0 spiro atoms. The van der Waals surface area contributed by atoms with Crippen molar-refractivity contribution in [3.05, 3.63) is 12.4 Å². The minimum absolute atomic E-state index is 0.00353. The average Bonchev–Trinajstić information content (AvgIpc) is 2.71. The van der Waals surface area contributed by atoms with Gasteiger partial charge in [-0.1, -0.05) is 0 Å². The summed E-state index contributed by atoms with van der Waals surface area (Å²) in [5, 5.41) is 16.4. The standard InChI is InChI=1S/C11H21N5O2/c1-13-11(18)3-4-15(2)7-10(17)8-16-6-9(12)5-14-16/h5-6,10,17H,3-4,7-8,12H2,1-2H3,(H,13,18). The second kappa shape index (κ2) is 6.97. The molecule has 18 heavy (non-hydrogen) atoms. The molecular weight excluding hydrogens is 234 g/mol. The quantitative estimate of drug-likeness (QED) is 0.574. The number of rotatable bonds is 7. The molecule has 0 bridgehead atoms. The second-order valence-corrected chi connectivity index (χ2v) is 4.33. The molecule has 0 fully saturated rings. The van der Waals surface area contributed by atoms with Crippen molar-refractivity contribution in [2.75, 3.05) is 32.9 Å². The van der Waals surface area contributed by atoms with Crippen molar-refractivity contribution >= 4 is 11.6 Å². The van der Waals surface area contributed by atoms with Crippen LogP contribution < -0.4 is 11.1 Å². The van der Waals surface area contributed by atoms with E-state index in [1.165, 1.54) is 0 Å². The lowest BCUT2D eigenvalue weighted by Crippen LogP contribution is -2.34. The summed E-state index contributed by atoms with van der Waals surface area (Å²) in [4.78, 5) is 13.0. The molecule has 0 aromatic carbocycles. The van der Waals surface area contributed by atoms with Gasteiger partial charge in [-0.05, 0) is 7.05 Å². The number of anilines is 1. The van der Waals surface area contributed by atoms with Crippen molar-refractivity contribution in [1.29, 1.82) is 0 Å². The van der Waals surface area contributed by atoms with E-state index in [-0.39, 0.29) is 5.91 Å². The summed E-state index contributed by atoms with van der Waals surface area (Å²) in [5.41, 5.74) is 6.11. The van der Waals surface area contributed by atoms with Gasteiger partial charge in [0.05, 0.1) is 24.5 Å². The van der Waals surface area contributed by atoms with Gasteiger partial charge in [-0.15, -0.1) is 0 Å². The number of aromatic nitrogens is 2. The summed E-state index contributed by atoms with van der Waals surface area (Å²) < 4.78 is 1.60. The molecule has 0 saturated heterocycles. The third-order valence-electron chi connectivity index (χ3n) is 2.57. The summed E-state index contributed by atoms with van der Waals surface area (Å²) in [7, 11) is 3.48. The zero-order chi connectivity index (χ0) is 13.5. The molecule has 1 amide bonds. The first-order valence-electron chi connectivity index (χ1n) is 5.86. The van der Waals surface area contributed by atoms with E-state index in [0.29, 0.717) is 31.7 Å². The van der Waals surface area contributed by atoms with Crippen LogP contribution in [0.15, 0.2) is 12.4 Å². The van der Waals surface area contributed by atoms with Gasteiger partial charge in [-0.2, -0.15) is 5.10 Å². The number of aliphatic hydroxyl groups excluding tert-OH is 1. The van der Waals surface area contributed by atoms with Crippen LogP contribution in [0.2, 0.25) is 0 Å². The first-order valence-corrected chi connectivity index (χ1v) is 5.86. The Morgan fingerprint density at radius 1 is 1.72 bits per heavy atom. The highest BCUT2D eigenvalue weighted by atomic mass is 16.3. The maximum absolute atomic E-state index is 11.1. The Morgan fingerprint density at radius 2 is 2.44 bits per heavy atom. The molecule has 1 aromatic heterocycles. The van der Waals surface area contributed by atoms with Gasteiger partial charge in [0.25, 0.3) is 0 Å². The lowest BCUT2D eigenvalue weighted by Gasteiger charge is -2.20. The van der Waals surface area contributed by atoms with Gasteiger partial charge in [0.1, 0.15) is 0 Å². The molecule has 0 aliphatic carbocycles. The number of nitrogens with two attached hydrogens (primary N) is 1. The number of nitrogens with one attached hydrogen (secondary N) is 1. The first-order chi connectivity index (χ1) is 8.51. The van der Waals surface area contributed by atoms with E-state index in [9.17, 15) is 9.90 Å². The van der Waals surface area contributed by atoms with Crippen molar-refractivity contribution in [2.24, 2.45) is 0 Å². The minimum Gasteiger partial charge on any atom is -0.396 e. The summed E-state index contributed by atoms with van der Waals surface area (Å²) in [6.45, 7) is 1.48. The Bertz CT molecular complexity index is 379. The van der Waals surface area contributed by atoms with Crippen LogP contribution in [0.4, 0.5) is 5.69 Å². The first kappa shape index (κ1) is 14.5. The second-order valence-electron chi connectivity index (χ2n) is 4.33. The third kappa shape index (κ3) is 5.15. The van der Waals surface area contributed by atoms with E-state index < -0.39 is 6.10 Å². The SMILES string of the molecule is CNC(=O)CCN(C)CC(O)Cn1cc(N)cn1. The molecule has 0 radical (unpaired) electrons. The van der Waals surface area contributed by atoms with Crippen LogP contribution in [0.25, 0.3) is 0 Å². The number of hydrogen-bond acceptors (Lipinski definition) is 5. The van der Waals surface area contributed by atoms with E-state index in [0.717, 1.165) is 0 Å². The molecule has 4 N–H and O–H groups in total. The van der Waals surface area contributed by atoms with E-state index >= 15 is 0 Å². The van der Waals surface area contributed by atoms with Crippen LogP contribution in [0.1, 0.15) is 6.42 Å². The zero-order valence-corrected chi connectivity index (χ0v) is 10.8. The fraction of sp³-hybridized carbons (Fsp3) is 0.636. The molecule has 1 aromatic rings. The van der Waals surface area contributed by atoms with Crippen LogP contribution in [-0.4, -0.2) is 59.0 Å². The molecular formula is C11H21N5O2. The zero-order valence-electron chi connectivity index (χ0n) is 10.8. The Balaban J connectivity index is 2.26. The summed E-state index contributed by atoms with van der Waals surface area (Å²) in [6.07, 6.45) is 3.10. The Kier molecular flexibility index (Phi) is 5.60. The third-order valence-corrected chi connectivity index (χ3v) is 2.57. The van der Waals surface area contributed by atoms with Gasteiger partial charge in [0, 0.05) is 32.8 Å². The lowest BCUT2D eigenvalue weighted by molar-refractivity contribution is -0.120. The predicted molar refractivity (Wildman–Crippen MR) is 68.8 cm³/mol. The molecule has 7 heteroatoms. The van der Waals surface area contributed by atoms with Crippen LogP contribution in [0.5, 0.6) is 0 Å². The van der Waals surface area contributed by atoms with Gasteiger partial charge >= 0.3 is 0 Å². The summed E-state index contributed by atoms with van der Waals surface area (Å²) in [5.74, 6) is -0.00353. The minimum atomic E-state index is -0.543. The number of hydrogen-bond donors (Lipinski definition) is 3. The highest BCUT2D eigenvalue weighted by Crippen LogP contribution is 2.00. The molecule has 1 atom stereocenters. The molecule has 0 aliphatic rings. The van der Waals surface area contributed by atoms with E-state index in [1.807, 2.05) is 11.9 Å². The van der Waals surface area contributed by atoms with Crippen molar-refractivity contribution < 1.29 is 9.90 Å². The summed E-state index contributed by atoms with van der Waals surface area (Å²) in [6, 6.07) is 0. The monoisotopic (exact) mass is 255 g/mol. The van der Waals surface area contributed by atoms with Crippen molar-refractivity contribution in [2.45, 2.75) is 19.1 Å². The van der Waals surface area contributed by atoms with Crippen LogP contribution in [0.3, 0.4) is 0 Å². The highest BCUT2D eigenvalue weighted by molar-refractivity contribution is 5.75. The molecule has 1 heterocycles. The van der Waals surface area contributed by atoms with E-state index in [2.05, 4.69) is 10.4 Å². The van der Waals surface area contributed by atoms with Crippen LogP contribution in [0, 0.1) is 0 Å². The molecule has 1 unspecified atom stereocenters. The molecule has 102 valence electrons. The fourth-order valence-electron chi connectivity index (χ4n) is 1.62. The number of amides is 1. The molecule has 0 saturated carbocycles.